The van der Waals surface area contributed by atoms with Gasteiger partial charge in [0.2, 0.25) is 5.76 Å². The summed E-state index contributed by atoms with van der Waals surface area (Å²) >= 11 is 0. The minimum Gasteiger partial charge on any atom is -0.475 e. The van der Waals surface area contributed by atoms with Gasteiger partial charge in [0.05, 0.1) is 0 Å². The maximum absolute atomic E-state index is 11.5. The van der Waals surface area contributed by atoms with Crippen molar-refractivity contribution in [3.63, 3.8) is 0 Å². The second kappa shape index (κ2) is 5.34. The van der Waals surface area contributed by atoms with E-state index in [0.29, 0.717) is 12.5 Å². The van der Waals surface area contributed by atoms with Crippen LogP contribution in [0, 0.1) is 5.92 Å². The first-order chi connectivity index (χ1) is 7.54. The van der Waals surface area contributed by atoms with Crippen LogP contribution < -0.4 is 5.32 Å². The molecule has 1 unspecified atom stereocenters. The summed E-state index contributed by atoms with van der Waals surface area (Å²) in [4.78, 5) is 22.0. The molecule has 5 nitrogen and oxygen atoms in total. The zero-order valence-electron chi connectivity index (χ0n) is 9.32. The van der Waals surface area contributed by atoms with Gasteiger partial charge in [-0.2, -0.15) is 0 Å². The Hall–Kier alpha value is -1.78. The molecule has 0 saturated carbocycles. The van der Waals surface area contributed by atoms with Crippen molar-refractivity contribution >= 4 is 11.9 Å². The lowest BCUT2D eigenvalue weighted by atomic mass is 10.1. The molecule has 0 radical (unpaired) electrons. The van der Waals surface area contributed by atoms with Crippen molar-refractivity contribution in [1.82, 2.24) is 5.32 Å². The molecule has 1 aromatic rings. The average molecular weight is 225 g/mol. The van der Waals surface area contributed by atoms with Crippen molar-refractivity contribution in [2.45, 2.75) is 20.3 Å². The number of carboxylic acid groups (broad SMARTS) is 1. The number of carbonyl (C=O) groups is 2. The van der Waals surface area contributed by atoms with Crippen molar-refractivity contribution in [2.24, 2.45) is 5.92 Å². The first-order valence-electron chi connectivity index (χ1n) is 5.16. The summed E-state index contributed by atoms with van der Waals surface area (Å²) in [5.41, 5.74) is 0. The lowest BCUT2D eigenvalue weighted by Crippen LogP contribution is -2.27. The summed E-state index contributed by atoms with van der Waals surface area (Å²) in [6.45, 7) is 4.61. The van der Waals surface area contributed by atoms with Crippen LogP contribution in [0.4, 0.5) is 0 Å². The molecule has 1 rings (SSSR count). The number of nitrogens with one attached hydrogen (secondary N) is 1. The monoisotopic (exact) mass is 225 g/mol. The normalized spacial score (nSPS) is 12.1. The Morgan fingerprint density at radius 2 is 2.06 bits per heavy atom. The molecular formula is C11H15NO4. The van der Waals surface area contributed by atoms with Crippen LogP contribution in [0.25, 0.3) is 0 Å². The Bertz CT molecular complexity index is 383. The molecule has 1 atom stereocenters. The Morgan fingerprint density at radius 3 is 2.56 bits per heavy atom. The van der Waals surface area contributed by atoms with Gasteiger partial charge in [-0.05, 0) is 18.1 Å². The van der Waals surface area contributed by atoms with Gasteiger partial charge in [0, 0.05) is 6.54 Å². The molecule has 0 fully saturated rings. The molecule has 5 heteroatoms. The molecule has 1 aromatic heterocycles. The predicted octanol–water partition coefficient (Wildman–Crippen LogP) is 1.75. The highest BCUT2D eigenvalue weighted by Gasteiger charge is 2.14. The molecule has 0 aliphatic heterocycles. The van der Waals surface area contributed by atoms with Crippen LogP contribution in [0.2, 0.25) is 0 Å². The van der Waals surface area contributed by atoms with Crippen LogP contribution in [-0.4, -0.2) is 23.5 Å². The van der Waals surface area contributed by atoms with Gasteiger partial charge in [0.1, 0.15) is 0 Å². The number of carboxylic acids is 1. The first-order valence-corrected chi connectivity index (χ1v) is 5.16. The van der Waals surface area contributed by atoms with Gasteiger partial charge in [-0.15, -0.1) is 0 Å². The molecule has 0 aromatic carbocycles. The van der Waals surface area contributed by atoms with Gasteiger partial charge < -0.3 is 14.8 Å². The van der Waals surface area contributed by atoms with Crippen molar-refractivity contribution in [3.8, 4) is 0 Å². The fourth-order valence-electron chi connectivity index (χ4n) is 1.07. The predicted molar refractivity (Wildman–Crippen MR) is 57.5 cm³/mol. The molecule has 0 spiro atoms. The van der Waals surface area contributed by atoms with E-state index in [2.05, 4.69) is 5.32 Å². The Morgan fingerprint density at radius 1 is 1.44 bits per heavy atom. The van der Waals surface area contributed by atoms with E-state index in [1.165, 1.54) is 12.1 Å². The number of carbonyl (C=O) groups excluding carboxylic acids is 1. The minimum atomic E-state index is -1.18. The molecule has 0 aliphatic rings. The fraction of sp³-hybridized carbons (Fsp3) is 0.455. The van der Waals surface area contributed by atoms with Crippen LogP contribution in [0.1, 0.15) is 41.4 Å². The highest BCUT2D eigenvalue weighted by Crippen LogP contribution is 2.08. The molecule has 2 N–H and O–H groups in total. The third-order valence-corrected chi connectivity index (χ3v) is 2.35. The Kier molecular flexibility index (Phi) is 4.10. The van der Waals surface area contributed by atoms with E-state index < -0.39 is 5.97 Å². The van der Waals surface area contributed by atoms with Gasteiger partial charge in [-0.1, -0.05) is 20.3 Å². The second-order valence-electron chi connectivity index (χ2n) is 3.69. The molecule has 1 amide bonds. The van der Waals surface area contributed by atoms with Crippen molar-refractivity contribution in [1.29, 1.82) is 0 Å². The van der Waals surface area contributed by atoms with Gasteiger partial charge >= 0.3 is 5.97 Å². The van der Waals surface area contributed by atoms with Crippen LogP contribution in [0.3, 0.4) is 0 Å². The van der Waals surface area contributed by atoms with Crippen molar-refractivity contribution in [2.75, 3.05) is 6.54 Å². The Labute approximate surface area is 93.4 Å². The maximum Gasteiger partial charge on any atom is 0.371 e. The number of furan rings is 1. The highest BCUT2D eigenvalue weighted by atomic mass is 16.4. The Balaban J connectivity index is 2.56. The van der Waals surface area contributed by atoms with Gasteiger partial charge in [0.15, 0.2) is 5.76 Å². The molecular weight excluding hydrogens is 210 g/mol. The lowest BCUT2D eigenvalue weighted by Gasteiger charge is -2.08. The van der Waals surface area contributed by atoms with Crippen molar-refractivity contribution in [3.05, 3.63) is 23.7 Å². The number of rotatable bonds is 5. The fourth-order valence-corrected chi connectivity index (χ4v) is 1.07. The summed E-state index contributed by atoms with van der Waals surface area (Å²) in [5, 5.41) is 11.3. The highest BCUT2D eigenvalue weighted by molar-refractivity contribution is 5.93. The summed E-state index contributed by atoms with van der Waals surface area (Å²) < 4.78 is 4.86. The third kappa shape index (κ3) is 3.12. The van der Waals surface area contributed by atoms with Crippen molar-refractivity contribution < 1.29 is 19.1 Å². The number of amides is 1. The summed E-state index contributed by atoms with van der Waals surface area (Å²) in [6.07, 6.45) is 0.971. The van der Waals surface area contributed by atoms with E-state index in [9.17, 15) is 9.59 Å². The van der Waals surface area contributed by atoms with Gasteiger partial charge in [-0.3, -0.25) is 4.79 Å². The molecule has 0 bridgehead atoms. The molecule has 16 heavy (non-hydrogen) atoms. The average Bonchev–Trinajstić information content (AvgIpc) is 2.74. The van der Waals surface area contributed by atoms with Crippen LogP contribution in [0.5, 0.6) is 0 Å². The maximum atomic E-state index is 11.5. The van der Waals surface area contributed by atoms with Gasteiger partial charge in [-0.25, -0.2) is 4.79 Å². The molecule has 1 heterocycles. The molecule has 0 aliphatic carbocycles. The van der Waals surface area contributed by atoms with E-state index >= 15 is 0 Å². The van der Waals surface area contributed by atoms with E-state index in [1.807, 2.05) is 13.8 Å². The zero-order valence-corrected chi connectivity index (χ0v) is 9.32. The van der Waals surface area contributed by atoms with Crippen LogP contribution >= 0.6 is 0 Å². The van der Waals surface area contributed by atoms with Gasteiger partial charge in [0.25, 0.3) is 5.91 Å². The first kappa shape index (κ1) is 12.3. The molecule has 0 saturated heterocycles. The molecule has 88 valence electrons. The SMILES string of the molecule is CCC(C)CNC(=O)c1ccc(C(=O)O)o1. The van der Waals surface area contributed by atoms with Crippen LogP contribution in [0.15, 0.2) is 16.5 Å². The smallest absolute Gasteiger partial charge is 0.371 e. The standard InChI is InChI=1S/C11H15NO4/c1-3-7(2)6-12-10(13)8-4-5-9(16-8)11(14)15/h4-5,7H,3,6H2,1-2H3,(H,12,13)(H,14,15). The van der Waals surface area contributed by atoms with E-state index in [0.717, 1.165) is 6.42 Å². The number of aromatic carboxylic acids is 1. The number of hydrogen-bond acceptors (Lipinski definition) is 3. The van der Waals surface area contributed by atoms with E-state index in [1.54, 1.807) is 0 Å². The lowest BCUT2D eigenvalue weighted by molar-refractivity contribution is 0.0659. The largest absolute Gasteiger partial charge is 0.475 e. The number of hydrogen-bond donors (Lipinski definition) is 2. The minimum absolute atomic E-state index is 0.0284. The second-order valence-corrected chi connectivity index (χ2v) is 3.69. The summed E-state index contributed by atoms with van der Waals surface area (Å²) in [7, 11) is 0. The summed E-state index contributed by atoms with van der Waals surface area (Å²) in [5.74, 6) is -1.37. The quantitative estimate of drug-likeness (QED) is 0.800. The van der Waals surface area contributed by atoms with E-state index in [4.69, 9.17) is 9.52 Å². The van der Waals surface area contributed by atoms with Crippen LogP contribution in [-0.2, 0) is 0 Å². The van der Waals surface area contributed by atoms with E-state index in [-0.39, 0.29) is 17.4 Å². The summed E-state index contributed by atoms with van der Waals surface area (Å²) in [6, 6.07) is 2.62. The zero-order chi connectivity index (χ0) is 12.1. The third-order valence-electron chi connectivity index (χ3n) is 2.35. The topological polar surface area (TPSA) is 79.5 Å².